The molecule has 2 nitrogen and oxygen atoms in total. The fourth-order valence-corrected chi connectivity index (χ4v) is 3.07. The van der Waals surface area contributed by atoms with Gasteiger partial charge in [0, 0.05) is 6.54 Å². The fourth-order valence-electron chi connectivity index (χ4n) is 3.07. The van der Waals surface area contributed by atoms with Gasteiger partial charge in [-0.05, 0) is 49.4 Å². The van der Waals surface area contributed by atoms with E-state index in [9.17, 15) is 5.11 Å². The second kappa shape index (κ2) is 6.06. The highest BCUT2D eigenvalue weighted by molar-refractivity contribution is 5.30. The highest BCUT2D eigenvalue weighted by atomic mass is 16.3. The Bertz CT molecular complexity index is 345. The number of phenols is 1. The molecule has 0 radical (unpaired) electrons. The van der Waals surface area contributed by atoms with Gasteiger partial charge in [-0.3, -0.25) is 0 Å². The molecule has 0 bridgehead atoms. The smallest absolute Gasteiger partial charge is 0.115 e. The van der Waals surface area contributed by atoms with Crippen molar-refractivity contribution in [3.8, 4) is 5.75 Å². The van der Waals surface area contributed by atoms with Crippen molar-refractivity contribution in [3.05, 3.63) is 29.8 Å². The Morgan fingerprint density at radius 1 is 1.29 bits per heavy atom. The molecule has 17 heavy (non-hydrogen) atoms. The SMILES string of the molecule is CNCC(c1cccc(O)c1)C1CCCCC1. The Kier molecular flexibility index (Phi) is 4.43. The molecule has 94 valence electrons. The summed E-state index contributed by atoms with van der Waals surface area (Å²) >= 11 is 0. The van der Waals surface area contributed by atoms with Gasteiger partial charge in [-0.25, -0.2) is 0 Å². The van der Waals surface area contributed by atoms with Crippen LogP contribution < -0.4 is 5.32 Å². The number of phenolic OH excluding ortho intramolecular Hbond substituents is 1. The van der Waals surface area contributed by atoms with E-state index in [-0.39, 0.29) is 0 Å². The second-order valence-corrected chi connectivity index (χ2v) is 5.16. The second-order valence-electron chi connectivity index (χ2n) is 5.16. The Morgan fingerprint density at radius 2 is 2.06 bits per heavy atom. The molecule has 1 aliphatic carbocycles. The molecular weight excluding hydrogens is 210 g/mol. The molecule has 1 aliphatic rings. The average Bonchev–Trinajstić information content (AvgIpc) is 2.37. The molecule has 2 N–H and O–H groups in total. The van der Waals surface area contributed by atoms with E-state index in [2.05, 4.69) is 11.4 Å². The summed E-state index contributed by atoms with van der Waals surface area (Å²) in [5.74, 6) is 1.71. The summed E-state index contributed by atoms with van der Waals surface area (Å²) in [6.07, 6.45) is 6.79. The first kappa shape index (κ1) is 12.4. The summed E-state index contributed by atoms with van der Waals surface area (Å²) in [7, 11) is 2.01. The number of aromatic hydroxyl groups is 1. The molecule has 2 rings (SSSR count). The maximum absolute atomic E-state index is 9.61. The first-order valence-corrected chi connectivity index (χ1v) is 6.75. The van der Waals surface area contributed by atoms with Crippen LogP contribution in [-0.4, -0.2) is 18.7 Å². The third-order valence-corrected chi connectivity index (χ3v) is 3.94. The van der Waals surface area contributed by atoms with Crippen LogP contribution in [0.2, 0.25) is 0 Å². The van der Waals surface area contributed by atoms with E-state index >= 15 is 0 Å². The van der Waals surface area contributed by atoms with Gasteiger partial charge >= 0.3 is 0 Å². The van der Waals surface area contributed by atoms with E-state index in [4.69, 9.17) is 0 Å². The Balaban J connectivity index is 2.15. The minimum Gasteiger partial charge on any atom is -0.508 e. The molecule has 0 amide bonds. The van der Waals surface area contributed by atoms with Gasteiger partial charge in [0.05, 0.1) is 0 Å². The minimum absolute atomic E-state index is 0.388. The lowest BCUT2D eigenvalue weighted by atomic mass is 9.77. The van der Waals surface area contributed by atoms with Gasteiger partial charge < -0.3 is 10.4 Å². The van der Waals surface area contributed by atoms with Crippen LogP contribution in [0.1, 0.15) is 43.6 Å². The molecule has 0 saturated heterocycles. The van der Waals surface area contributed by atoms with Crippen LogP contribution >= 0.6 is 0 Å². The molecule has 1 saturated carbocycles. The first-order valence-electron chi connectivity index (χ1n) is 6.75. The molecule has 0 heterocycles. The van der Waals surface area contributed by atoms with Crippen molar-refractivity contribution in [1.82, 2.24) is 5.32 Å². The van der Waals surface area contributed by atoms with Crippen LogP contribution in [0.3, 0.4) is 0 Å². The van der Waals surface area contributed by atoms with Gasteiger partial charge in [0.25, 0.3) is 0 Å². The van der Waals surface area contributed by atoms with E-state index in [1.807, 2.05) is 19.2 Å². The third-order valence-electron chi connectivity index (χ3n) is 3.94. The standard InChI is InChI=1S/C15H23NO/c1-16-11-15(12-6-3-2-4-7-12)13-8-5-9-14(17)10-13/h5,8-10,12,15-17H,2-4,6-7,11H2,1H3. The van der Waals surface area contributed by atoms with Gasteiger partial charge in [0.15, 0.2) is 0 Å². The highest BCUT2D eigenvalue weighted by Crippen LogP contribution is 2.36. The van der Waals surface area contributed by atoms with E-state index in [1.54, 1.807) is 6.07 Å². The summed E-state index contributed by atoms with van der Waals surface area (Å²) in [5, 5.41) is 12.9. The lowest BCUT2D eigenvalue weighted by molar-refractivity contribution is 0.299. The summed E-state index contributed by atoms with van der Waals surface area (Å²) in [4.78, 5) is 0. The maximum atomic E-state index is 9.61. The Labute approximate surface area is 104 Å². The zero-order chi connectivity index (χ0) is 12.1. The predicted molar refractivity (Wildman–Crippen MR) is 71.3 cm³/mol. The third kappa shape index (κ3) is 3.22. The zero-order valence-corrected chi connectivity index (χ0v) is 10.7. The molecule has 1 unspecified atom stereocenters. The zero-order valence-electron chi connectivity index (χ0n) is 10.7. The quantitative estimate of drug-likeness (QED) is 0.836. The van der Waals surface area contributed by atoms with Gasteiger partial charge in [-0.1, -0.05) is 31.4 Å². The number of benzene rings is 1. The van der Waals surface area contributed by atoms with Crippen molar-refractivity contribution in [2.75, 3.05) is 13.6 Å². The van der Waals surface area contributed by atoms with Crippen LogP contribution in [0, 0.1) is 5.92 Å². The van der Waals surface area contributed by atoms with E-state index < -0.39 is 0 Å². The monoisotopic (exact) mass is 233 g/mol. The summed E-state index contributed by atoms with van der Waals surface area (Å²) in [5.41, 5.74) is 1.28. The number of hydrogen-bond acceptors (Lipinski definition) is 2. The van der Waals surface area contributed by atoms with Gasteiger partial charge in [-0.15, -0.1) is 0 Å². The van der Waals surface area contributed by atoms with Crippen LogP contribution in [0.5, 0.6) is 5.75 Å². The Morgan fingerprint density at radius 3 is 2.71 bits per heavy atom. The lowest BCUT2D eigenvalue weighted by Crippen LogP contribution is -2.25. The summed E-state index contributed by atoms with van der Waals surface area (Å²) in [6.45, 7) is 1.01. The normalized spacial score (nSPS) is 19.1. The number of rotatable bonds is 4. The van der Waals surface area contributed by atoms with Crippen molar-refractivity contribution in [3.63, 3.8) is 0 Å². The van der Waals surface area contributed by atoms with Gasteiger partial charge in [0.1, 0.15) is 5.75 Å². The maximum Gasteiger partial charge on any atom is 0.115 e. The van der Waals surface area contributed by atoms with Gasteiger partial charge in [0.2, 0.25) is 0 Å². The minimum atomic E-state index is 0.388. The molecule has 1 aromatic rings. The molecule has 2 heteroatoms. The lowest BCUT2D eigenvalue weighted by Gasteiger charge is -2.30. The van der Waals surface area contributed by atoms with Gasteiger partial charge in [-0.2, -0.15) is 0 Å². The highest BCUT2D eigenvalue weighted by Gasteiger charge is 2.24. The Hall–Kier alpha value is -1.02. The van der Waals surface area contributed by atoms with E-state index in [1.165, 1.54) is 37.7 Å². The van der Waals surface area contributed by atoms with Crippen LogP contribution in [-0.2, 0) is 0 Å². The molecule has 1 atom stereocenters. The average molecular weight is 233 g/mol. The van der Waals surface area contributed by atoms with Crippen LogP contribution in [0.15, 0.2) is 24.3 Å². The molecule has 0 aromatic heterocycles. The van der Waals surface area contributed by atoms with Crippen molar-refractivity contribution >= 4 is 0 Å². The molecular formula is C15H23NO. The molecule has 0 aliphatic heterocycles. The van der Waals surface area contributed by atoms with Crippen LogP contribution in [0.4, 0.5) is 0 Å². The number of nitrogens with one attached hydrogen (secondary N) is 1. The van der Waals surface area contributed by atoms with E-state index in [0.717, 1.165) is 12.5 Å². The largest absolute Gasteiger partial charge is 0.508 e. The van der Waals surface area contributed by atoms with E-state index in [0.29, 0.717) is 11.7 Å². The van der Waals surface area contributed by atoms with Crippen molar-refractivity contribution in [2.45, 2.75) is 38.0 Å². The van der Waals surface area contributed by atoms with Crippen molar-refractivity contribution in [2.24, 2.45) is 5.92 Å². The predicted octanol–water partition coefficient (Wildman–Crippen LogP) is 3.28. The molecule has 0 spiro atoms. The number of hydrogen-bond donors (Lipinski definition) is 2. The topological polar surface area (TPSA) is 32.3 Å². The number of likely N-dealkylation sites (N-methyl/N-ethyl adjacent to an activating group) is 1. The summed E-state index contributed by atoms with van der Waals surface area (Å²) < 4.78 is 0. The fraction of sp³-hybridized carbons (Fsp3) is 0.600. The summed E-state index contributed by atoms with van der Waals surface area (Å²) in [6, 6.07) is 7.78. The first-order chi connectivity index (χ1) is 8.31. The molecule has 1 fully saturated rings. The van der Waals surface area contributed by atoms with Crippen molar-refractivity contribution in [1.29, 1.82) is 0 Å². The van der Waals surface area contributed by atoms with Crippen molar-refractivity contribution < 1.29 is 5.11 Å². The molecule has 1 aromatic carbocycles. The van der Waals surface area contributed by atoms with Crippen LogP contribution in [0.25, 0.3) is 0 Å².